The topological polar surface area (TPSA) is 63.6 Å². The van der Waals surface area contributed by atoms with Gasteiger partial charge in [0.25, 0.3) is 0 Å². The fourth-order valence-electron chi connectivity index (χ4n) is 4.28. The van der Waals surface area contributed by atoms with Crippen molar-refractivity contribution in [2.45, 2.75) is 168 Å². The third kappa shape index (κ3) is 25.3. The Morgan fingerprint density at radius 1 is 0.618 bits per heavy atom. The first-order valence-electron chi connectivity index (χ1n) is 14.7. The van der Waals surface area contributed by atoms with E-state index in [1.54, 1.807) is 0 Å². The van der Waals surface area contributed by atoms with E-state index in [1.165, 1.54) is 77.0 Å². The normalized spacial score (nSPS) is 12.3. The summed E-state index contributed by atoms with van der Waals surface area (Å²) in [6.45, 7) is 4.46. The molecule has 0 saturated carbocycles. The molecular weight excluding hydrogens is 424 g/mol. The number of unbranched alkanes of at least 4 members (excludes halogenated alkanes) is 15. The highest BCUT2D eigenvalue weighted by Gasteiger charge is 2.14. The first-order valence-corrected chi connectivity index (χ1v) is 14.7. The molecule has 1 atom stereocenters. The second-order valence-electron chi connectivity index (χ2n) is 9.94. The highest BCUT2D eigenvalue weighted by molar-refractivity contribution is 5.69. The summed E-state index contributed by atoms with van der Waals surface area (Å²) >= 11 is 0. The van der Waals surface area contributed by atoms with Gasteiger partial charge in [0, 0.05) is 12.8 Å². The third-order valence-corrected chi connectivity index (χ3v) is 6.49. The van der Waals surface area contributed by atoms with E-state index >= 15 is 0 Å². The zero-order valence-electron chi connectivity index (χ0n) is 22.7. The van der Waals surface area contributed by atoms with Gasteiger partial charge in [0.1, 0.15) is 6.10 Å². The second-order valence-corrected chi connectivity index (χ2v) is 9.94. The molecule has 34 heavy (non-hydrogen) atoms. The standard InChI is InChI=1S/C30H56O4/c1-3-5-7-9-11-12-13-14-15-17-23-27-30(33)34-28(24-20-16-10-8-6-4-2)25-21-18-19-22-26-29(31)32/h9,11,28H,3-8,10,12-27H2,1-2H3,(H,31,32)/b11-9-. The second kappa shape index (κ2) is 26.3. The number of carboxylic acids is 1. The minimum absolute atomic E-state index is 0.0271. The summed E-state index contributed by atoms with van der Waals surface area (Å²) < 4.78 is 5.87. The highest BCUT2D eigenvalue weighted by Crippen LogP contribution is 2.18. The Hall–Kier alpha value is -1.32. The summed E-state index contributed by atoms with van der Waals surface area (Å²) in [7, 11) is 0. The molecule has 0 aromatic heterocycles. The van der Waals surface area contributed by atoms with Gasteiger partial charge in [-0.3, -0.25) is 9.59 Å². The first-order chi connectivity index (χ1) is 16.6. The van der Waals surface area contributed by atoms with Gasteiger partial charge in [-0.25, -0.2) is 0 Å². The zero-order valence-corrected chi connectivity index (χ0v) is 22.7. The van der Waals surface area contributed by atoms with Gasteiger partial charge >= 0.3 is 11.9 Å². The van der Waals surface area contributed by atoms with Gasteiger partial charge in [-0.1, -0.05) is 103 Å². The molecule has 0 saturated heterocycles. The highest BCUT2D eigenvalue weighted by atomic mass is 16.5. The molecule has 0 rings (SSSR count). The van der Waals surface area contributed by atoms with Gasteiger partial charge < -0.3 is 9.84 Å². The molecule has 0 aliphatic rings. The predicted molar refractivity (Wildman–Crippen MR) is 144 cm³/mol. The molecular formula is C30H56O4. The number of hydrogen-bond donors (Lipinski definition) is 1. The molecule has 0 spiro atoms. The van der Waals surface area contributed by atoms with Gasteiger partial charge in [-0.2, -0.15) is 0 Å². The van der Waals surface area contributed by atoms with E-state index in [4.69, 9.17) is 9.84 Å². The summed E-state index contributed by atoms with van der Waals surface area (Å²) in [4.78, 5) is 23.0. The van der Waals surface area contributed by atoms with Crippen LogP contribution >= 0.6 is 0 Å². The molecule has 0 aliphatic heterocycles. The number of ether oxygens (including phenoxy) is 1. The number of carboxylic acid groups (broad SMARTS) is 1. The lowest BCUT2D eigenvalue weighted by molar-refractivity contribution is -0.150. The largest absolute Gasteiger partial charge is 0.481 e. The molecule has 200 valence electrons. The molecule has 0 heterocycles. The first kappa shape index (κ1) is 32.7. The van der Waals surface area contributed by atoms with Crippen LogP contribution < -0.4 is 0 Å². The number of hydrogen-bond acceptors (Lipinski definition) is 3. The minimum Gasteiger partial charge on any atom is -0.481 e. The lowest BCUT2D eigenvalue weighted by Crippen LogP contribution is -2.18. The van der Waals surface area contributed by atoms with E-state index in [9.17, 15) is 9.59 Å². The van der Waals surface area contributed by atoms with Crippen LogP contribution in [0.5, 0.6) is 0 Å². The zero-order chi connectivity index (χ0) is 25.1. The van der Waals surface area contributed by atoms with Gasteiger partial charge in [-0.15, -0.1) is 0 Å². The molecule has 4 nitrogen and oxygen atoms in total. The Morgan fingerprint density at radius 2 is 1.09 bits per heavy atom. The number of carbonyl (C=O) groups excluding carboxylic acids is 1. The number of carbonyl (C=O) groups is 2. The van der Waals surface area contributed by atoms with Crippen molar-refractivity contribution in [2.24, 2.45) is 0 Å². The lowest BCUT2D eigenvalue weighted by atomic mass is 10.0. The third-order valence-electron chi connectivity index (χ3n) is 6.49. The Kier molecular flexibility index (Phi) is 25.3. The van der Waals surface area contributed by atoms with Gasteiger partial charge in [0.15, 0.2) is 0 Å². The summed E-state index contributed by atoms with van der Waals surface area (Å²) in [6, 6.07) is 0. The van der Waals surface area contributed by atoms with Gasteiger partial charge in [0.05, 0.1) is 0 Å². The summed E-state index contributed by atoms with van der Waals surface area (Å²) in [6.07, 6.45) is 29.3. The smallest absolute Gasteiger partial charge is 0.306 e. The molecule has 0 bridgehead atoms. The van der Waals surface area contributed by atoms with E-state index in [1.807, 2.05) is 0 Å². The van der Waals surface area contributed by atoms with Crippen LogP contribution in [0.3, 0.4) is 0 Å². The maximum atomic E-state index is 12.4. The fourth-order valence-corrected chi connectivity index (χ4v) is 4.28. The molecule has 0 aromatic rings. The van der Waals surface area contributed by atoms with E-state index < -0.39 is 5.97 Å². The Bertz CT molecular complexity index is 486. The number of rotatable bonds is 26. The molecule has 0 aromatic carbocycles. The van der Waals surface area contributed by atoms with E-state index in [-0.39, 0.29) is 18.5 Å². The summed E-state index contributed by atoms with van der Waals surface area (Å²) in [5.41, 5.74) is 0. The van der Waals surface area contributed by atoms with Crippen molar-refractivity contribution in [3.8, 4) is 0 Å². The van der Waals surface area contributed by atoms with Crippen LogP contribution in [0.2, 0.25) is 0 Å². The van der Waals surface area contributed by atoms with E-state index in [0.29, 0.717) is 6.42 Å². The van der Waals surface area contributed by atoms with Crippen molar-refractivity contribution in [3.05, 3.63) is 12.2 Å². The Labute approximate surface area is 211 Å². The van der Waals surface area contributed by atoms with Crippen molar-refractivity contribution in [3.63, 3.8) is 0 Å². The molecule has 0 radical (unpaired) electrons. The van der Waals surface area contributed by atoms with Crippen molar-refractivity contribution in [1.29, 1.82) is 0 Å². The molecule has 4 heteroatoms. The number of esters is 1. The average Bonchev–Trinajstić information content (AvgIpc) is 2.81. The van der Waals surface area contributed by atoms with Gasteiger partial charge in [-0.05, 0) is 57.8 Å². The lowest BCUT2D eigenvalue weighted by Gasteiger charge is -2.18. The van der Waals surface area contributed by atoms with Gasteiger partial charge in [0.2, 0.25) is 0 Å². The maximum absolute atomic E-state index is 12.4. The van der Waals surface area contributed by atoms with Crippen molar-refractivity contribution in [2.75, 3.05) is 0 Å². The number of allylic oxidation sites excluding steroid dienone is 2. The summed E-state index contributed by atoms with van der Waals surface area (Å²) in [5, 5.41) is 8.75. The van der Waals surface area contributed by atoms with Crippen LogP contribution in [-0.2, 0) is 14.3 Å². The van der Waals surface area contributed by atoms with Crippen LogP contribution in [0.1, 0.15) is 162 Å². The van der Waals surface area contributed by atoms with Crippen LogP contribution in [0.4, 0.5) is 0 Å². The van der Waals surface area contributed by atoms with Crippen LogP contribution in [0.25, 0.3) is 0 Å². The Balaban J connectivity index is 3.99. The minimum atomic E-state index is -0.714. The molecule has 1 unspecified atom stereocenters. The molecule has 0 aliphatic carbocycles. The van der Waals surface area contributed by atoms with Crippen LogP contribution in [0, 0.1) is 0 Å². The molecule has 0 fully saturated rings. The van der Waals surface area contributed by atoms with Crippen LogP contribution in [0.15, 0.2) is 12.2 Å². The molecule has 0 amide bonds. The predicted octanol–water partition coefficient (Wildman–Crippen LogP) is 9.55. The monoisotopic (exact) mass is 480 g/mol. The fraction of sp³-hybridized carbons (Fsp3) is 0.867. The van der Waals surface area contributed by atoms with Crippen molar-refractivity contribution >= 4 is 11.9 Å². The Morgan fingerprint density at radius 3 is 1.68 bits per heavy atom. The maximum Gasteiger partial charge on any atom is 0.306 e. The van der Waals surface area contributed by atoms with E-state index in [0.717, 1.165) is 57.8 Å². The SMILES string of the molecule is CCCC/C=C\CCCCCCCC(=O)OC(CCCCCCCC)CCCCCCC(=O)O. The van der Waals surface area contributed by atoms with E-state index in [2.05, 4.69) is 26.0 Å². The summed E-state index contributed by atoms with van der Waals surface area (Å²) in [5.74, 6) is -0.741. The molecule has 1 N–H and O–H groups in total. The quantitative estimate of drug-likeness (QED) is 0.0760. The average molecular weight is 481 g/mol. The van der Waals surface area contributed by atoms with Crippen LogP contribution in [-0.4, -0.2) is 23.1 Å². The number of aliphatic carboxylic acids is 1. The van der Waals surface area contributed by atoms with Crippen molar-refractivity contribution in [1.82, 2.24) is 0 Å². The van der Waals surface area contributed by atoms with Crippen molar-refractivity contribution < 1.29 is 19.4 Å².